The second kappa shape index (κ2) is 3.91. The molecule has 1 atom stereocenters. The molecule has 1 N–H and O–H groups in total. The van der Waals surface area contributed by atoms with Gasteiger partial charge in [0.2, 0.25) is 0 Å². The maximum atomic E-state index is 6.16. The average molecular weight is 214 g/mol. The Balaban J connectivity index is 2.29. The molecule has 0 saturated carbocycles. The van der Waals surface area contributed by atoms with E-state index in [1.54, 1.807) is 0 Å². The van der Waals surface area contributed by atoms with Crippen molar-refractivity contribution < 1.29 is 0 Å². The molecule has 1 heterocycles. The van der Waals surface area contributed by atoms with Crippen molar-refractivity contribution >= 4 is 23.4 Å². The van der Waals surface area contributed by atoms with Gasteiger partial charge >= 0.3 is 0 Å². The van der Waals surface area contributed by atoms with Crippen molar-refractivity contribution in [3.8, 4) is 0 Å². The Hall–Kier alpha value is -0.180. The van der Waals surface area contributed by atoms with Crippen LogP contribution in [0.5, 0.6) is 0 Å². The first-order valence-electron chi connectivity index (χ1n) is 4.38. The lowest BCUT2D eigenvalue weighted by Gasteiger charge is -2.11. The summed E-state index contributed by atoms with van der Waals surface area (Å²) in [6.45, 7) is 3.14. The lowest BCUT2D eigenvalue weighted by Crippen LogP contribution is -2.12. The van der Waals surface area contributed by atoms with Crippen LogP contribution in [0.3, 0.4) is 0 Å². The molecule has 2 rings (SSSR count). The number of benzene rings is 1. The molecule has 1 aromatic carbocycles. The topological polar surface area (TPSA) is 12.0 Å². The molecule has 0 amide bonds. The maximum absolute atomic E-state index is 6.16. The Morgan fingerprint density at radius 3 is 3.00 bits per heavy atom. The maximum Gasteiger partial charge on any atom is 0.0804 e. The third kappa shape index (κ3) is 2.01. The summed E-state index contributed by atoms with van der Waals surface area (Å²) < 4.78 is 0. The zero-order valence-electron chi connectivity index (χ0n) is 7.51. The van der Waals surface area contributed by atoms with Crippen LogP contribution in [0.15, 0.2) is 18.2 Å². The molecule has 1 nitrogen and oxygen atoms in total. The van der Waals surface area contributed by atoms with Gasteiger partial charge in [0.15, 0.2) is 0 Å². The lowest BCUT2D eigenvalue weighted by molar-refractivity contribution is 0.751. The SMILES string of the molecule is Cc1ccc([C@H]2NCCS2)c(Cl)c1. The fourth-order valence-electron chi connectivity index (χ4n) is 1.47. The van der Waals surface area contributed by atoms with Crippen molar-refractivity contribution in [3.05, 3.63) is 34.3 Å². The summed E-state index contributed by atoms with van der Waals surface area (Å²) in [5.74, 6) is 1.18. The first-order chi connectivity index (χ1) is 6.27. The van der Waals surface area contributed by atoms with Gasteiger partial charge < -0.3 is 5.32 Å². The molecule has 3 heteroatoms. The monoisotopic (exact) mass is 213 g/mol. The number of aryl methyl sites for hydroxylation is 1. The molecule has 0 unspecified atom stereocenters. The van der Waals surface area contributed by atoms with Gasteiger partial charge in [-0.05, 0) is 24.1 Å². The molecule has 0 aromatic heterocycles. The zero-order valence-corrected chi connectivity index (χ0v) is 9.08. The standard InChI is InChI=1S/C10H12ClNS/c1-7-2-3-8(9(11)6-7)10-12-4-5-13-10/h2-3,6,10,12H,4-5H2,1H3/t10-/m0/s1. The third-order valence-corrected chi connectivity index (χ3v) is 3.68. The van der Waals surface area contributed by atoms with E-state index in [0.717, 1.165) is 11.6 Å². The molecular weight excluding hydrogens is 202 g/mol. The first-order valence-corrected chi connectivity index (χ1v) is 5.81. The van der Waals surface area contributed by atoms with Gasteiger partial charge in [-0.2, -0.15) is 0 Å². The highest BCUT2D eigenvalue weighted by atomic mass is 35.5. The smallest absolute Gasteiger partial charge is 0.0804 e. The highest BCUT2D eigenvalue weighted by Gasteiger charge is 2.18. The normalized spacial score (nSPS) is 22.2. The number of thioether (sulfide) groups is 1. The summed E-state index contributed by atoms with van der Waals surface area (Å²) in [6, 6.07) is 6.26. The van der Waals surface area contributed by atoms with Gasteiger partial charge in [-0.1, -0.05) is 23.7 Å². The van der Waals surface area contributed by atoms with Crippen LogP contribution in [0, 0.1) is 6.92 Å². The molecular formula is C10H12ClNS. The summed E-state index contributed by atoms with van der Waals surface area (Å²) in [5, 5.41) is 4.69. The van der Waals surface area contributed by atoms with Gasteiger partial charge in [0, 0.05) is 17.3 Å². The Bertz CT molecular complexity index is 308. The van der Waals surface area contributed by atoms with Crippen LogP contribution < -0.4 is 5.32 Å². The average Bonchev–Trinajstić information content (AvgIpc) is 2.56. The Morgan fingerprint density at radius 2 is 2.38 bits per heavy atom. The third-order valence-electron chi connectivity index (χ3n) is 2.15. The summed E-state index contributed by atoms with van der Waals surface area (Å²) >= 11 is 8.08. The highest BCUT2D eigenvalue weighted by molar-refractivity contribution is 7.99. The number of hydrogen-bond acceptors (Lipinski definition) is 2. The van der Waals surface area contributed by atoms with E-state index in [1.807, 2.05) is 17.8 Å². The fraction of sp³-hybridized carbons (Fsp3) is 0.400. The van der Waals surface area contributed by atoms with E-state index in [2.05, 4.69) is 24.4 Å². The molecule has 1 aromatic rings. The number of hydrogen-bond donors (Lipinski definition) is 1. The Morgan fingerprint density at radius 1 is 1.54 bits per heavy atom. The fourth-order valence-corrected chi connectivity index (χ4v) is 2.97. The second-order valence-corrected chi connectivity index (χ2v) is 4.85. The van der Waals surface area contributed by atoms with E-state index in [-0.39, 0.29) is 0 Å². The summed E-state index contributed by atoms with van der Waals surface area (Å²) in [7, 11) is 0. The van der Waals surface area contributed by atoms with Crippen LogP contribution in [0.4, 0.5) is 0 Å². The van der Waals surface area contributed by atoms with E-state index >= 15 is 0 Å². The first kappa shape index (κ1) is 9.38. The van der Waals surface area contributed by atoms with E-state index in [1.165, 1.54) is 16.9 Å². The lowest BCUT2D eigenvalue weighted by atomic mass is 10.1. The summed E-state index contributed by atoms with van der Waals surface area (Å²) in [5.41, 5.74) is 2.44. The molecule has 1 fully saturated rings. The zero-order chi connectivity index (χ0) is 9.26. The van der Waals surface area contributed by atoms with Crippen molar-refractivity contribution in [2.45, 2.75) is 12.3 Å². The number of rotatable bonds is 1. The predicted molar refractivity (Wildman–Crippen MR) is 59.4 cm³/mol. The molecule has 1 aliphatic heterocycles. The predicted octanol–water partition coefficient (Wildman–Crippen LogP) is 2.98. The van der Waals surface area contributed by atoms with Gasteiger partial charge in [0.05, 0.1) is 5.37 Å². The van der Waals surface area contributed by atoms with Crippen molar-refractivity contribution in [2.75, 3.05) is 12.3 Å². The minimum absolute atomic E-state index is 0.396. The Kier molecular flexibility index (Phi) is 2.82. The molecule has 1 aliphatic rings. The van der Waals surface area contributed by atoms with Crippen molar-refractivity contribution in [1.29, 1.82) is 0 Å². The molecule has 0 bridgehead atoms. The van der Waals surface area contributed by atoms with Crippen molar-refractivity contribution in [1.82, 2.24) is 5.32 Å². The minimum atomic E-state index is 0.396. The molecule has 13 heavy (non-hydrogen) atoms. The van der Waals surface area contributed by atoms with Crippen molar-refractivity contribution in [3.63, 3.8) is 0 Å². The van der Waals surface area contributed by atoms with E-state index in [4.69, 9.17) is 11.6 Å². The summed E-state index contributed by atoms with van der Waals surface area (Å²) in [4.78, 5) is 0. The minimum Gasteiger partial charge on any atom is -0.301 e. The Labute approximate surface area is 87.9 Å². The molecule has 0 aliphatic carbocycles. The van der Waals surface area contributed by atoms with E-state index in [9.17, 15) is 0 Å². The largest absolute Gasteiger partial charge is 0.301 e. The highest BCUT2D eigenvalue weighted by Crippen LogP contribution is 2.34. The van der Waals surface area contributed by atoms with Crippen LogP contribution >= 0.6 is 23.4 Å². The van der Waals surface area contributed by atoms with Crippen LogP contribution in [-0.4, -0.2) is 12.3 Å². The van der Waals surface area contributed by atoms with Crippen LogP contribution in [-0.2, 0) is 0 Å². The summed E-state index contributed by atoms with van der Waals surface area (Å²) in [6.07, 6.45) is 0. The molecule has 0 spiro atoms. The quantitative estimate of drug-likeness (QED) is 0.770. The van der Waals surface area contributed by atoms with Crippen LogP contribution in [0.1, 0.15) is 16.5 Å². The van der Waals surface area contributed by atoms with Crippen molar-refractivity contribution in [2.24, 2.45) is 0 Å². The van der Waals surface area contributed by atoms with Gasteiger partial charge in [-0.15, -0.1) is 11.8 Å². The number of halogens is 1. The number of nitrogens with one attached hydrogen (secondary N) is 1. The van der Waals surface area contributed by atoms with Crippen LogP contribution in [0.25, 0.3) is 0 Å². The van der Waals surface area contributed by atoms with Gasteiger partial charge in [0.1, 0.15) is 0 Å². The molecule has 70 valence electrons. The van der Waals surface area contributed by atoms with Crippen LogP contribution in [0.2, 0.25) is 5.02 Å². The van der Waals surface area contributed by atoms with Gasteiger partial charge in [-0.3, -0.25) is 0 Å². The van der Waals surface area contributed by atoms with E-state index < -0.39 is 0 Å². The second-order valence-electron chi connectivity index (χ2n) is 3.23. The van der Waals surface area contributed by atoms with Gasteiger partial charge in [-0.25, -0.2) is 0 Å². The van der Waals surface area contributed by atoms with E-state index in [0.29, 0.717) is 5.37 Å². The molecule has 0 radical (unpaired) electrons. The van der Waals surface area contributed by atoms with Gasteiger partial charge in [0.25, 0.3) is 0 Å². The molecule has 1 saturated heterocycles.